The fourth-order valence-corrected chi connectivity index (χ4v) is 1.29. The van der Waals surface area contributed by atoms with Gasteiger partial charge in [0.1, 0.15) is 0 Å². The van der Waals surface area contributed by atoms with Gasteiger partial charge < -0.3 is 10.6 Å². The lowest BCUT2D eigenvalue weighted by Gasteiger charge is -2.16. The molecule has 0 aliphatic heterocycles. The van der Waals surface area contributed by atoms with Crippen molar-refractivity contribution >= 4 is 5.96 Å². The molecule has 1 atom stereocenters. The van der Waals surface area contributed by atoms with Crippen LogP contribution < -0.4 is 10.6 Å². The van der Waals surface area contributed by atoms with Crippen LogP contribution >= 0.6 is 0 Å². The maximum absolute atomic E-state index is 4.19. The lowest BCUT2D eigenvalue weighted by Crippen LogP contribution is -2.42. The molecule has 1 unspecified atom stereocenters. The van der Waals surface area contributed by atoms with Gasteiger partial charge >= 0.3 is 0 Å². The molecule has 0 bridgehead atoms. The smallest absolute Gasteiger partial charge is 0.191 e. The van der Waals surface area contributed by atoms with Crippen LogP contribution in [0, 0.1) is 0 Å². The zero-order valence-corrected chi connectivity index (χ0v) is 10.8. The van der Waals surface area contributed by atoms with E-state index in [0.717, 1.165) is 18.9 Å². The van der Waals surface area contributed by atoms with Gasteiger partial charge in [-0.05, 0) is 19.8 Å². The second kappa shape index (κ2) is 9.81. The van der Waals surface area contributed by atoms with Crippen LogP contribution in [-0.2, 0) is 0 Å². The van der Waals surface area contributed by atoms with Gasteiger partial charge in [-0.15, -0.1) is 0 Å². The first-order chi connectivity index (χ1) is 7.24. The third kappa shape index (κ3) is 8.28. The molecular formula is C12H27N3. The van der Waals surface area contributed by atoms with E-state index < -0.39 is 0 Å². The van der Waals surface area contributed by atoms with E-state index in [0.29, 0.717) is 6.04 Å². The summed E-state index contributed by atoms with van der Waals surface area (Å²) < 4.78 is 0. The summed E-state index contributed by atoms with van der Waals surface area (Å²) in [7, 11) is 1.82. The molecule has 15 heavy (non-hydrogen) atoms. The van der Waals surface area contributed by atoms with Crippen LogP contribution in [0.3, 0.4) is 0 Å². The molecule has 0 aromatic carbocycles. The number of hydrogen-bond acceptors (Lipinski definition) is 1. The maximum Gasteiger partial charge on any atom is 0.191 e. The second-order valence-corrected chi connectivity index (χ2v) is 4.01. The zero-order chi connectivity index (χ0) is 11.5. The van der Waals surface area contributed by atoms with Gasteiger partial charge in [0, 0.05) is 19.6 Å². The minimum absolute atomic E-state index is 0.492. The van der Waals surface area contributed by atoms with Crippen LogP contribution in [0.15, 0.2) is 4.99 Å². The minimum atomic E-state index is 0.492. The average Bonchev–Trinajstić information content (AvgIpc) is 2.26. The first kappa shape index (κ1) is 14.3. The van der Waals surface area contributed by atoms with Crippen molar-refractivity contribution in [2.24, 2.45) is 4.99 Å². The maximum atomic E-state index is 4.19. The normalized spacial score (nSPS) is 13.7. The Morgan fingerprint density at radius 1 is 1.20 bits per heavy atom. The summed E-state index contributed by atoms with van der Waals surface area (Å²) in [5, 5.41) is 6.68. The molecule has 0 aliphatic carbocycles. The van der Waals surface area contributed by atoms with Crippen LogP contribution in [0.2, 0.25) is 0 Å². The van der Waals surface area contributed by atoms with Crippen LogP contribution in [0.5, 0.6) is 0 Å². The van der Waals surface area contributed by atoms with E-state index in [1.807, 2.05) is 7.05 Å². The van der Waals surface area contributed by atoms with Gasteiger partial charge in [0.25, 0.3) is 0 Å². The van der Waals surface area contributed by atoms with Crippen molar-refractivity contribution < 1.29 is 0 Å². The van der Waals surface area contributed by atoms with E-state index in [-0.39, 0.29) is 0 Å². The average molecular weight is 213 g/mol. The summed E-state index contributed by atoms with van der Waals surface area (Å²) in [4.78, 5) is 4.19. The molecule has 0 amide bonds. The number of nitrogens with zero attached hydrogens (tertiary/aromatic N) is 1. The Hall–Kier alpha value is -0.730. The van der Waals surface area contributed by atoms with Crippen LogP contribution in [0.4, 0.5) is 0 Å². The lowest BCUT2D eigenvalue weighted by atomic mass is 10.2. The van der Waals surface area contributed by atoms with Gasteiger partial charge in [0.15, 0.2) is 5.96 Å². The Labute approximate surface area is 94.7 Å². The number of hydrogen-bond donors (Lipinski definition) is 2. The number of guanidine groups is 1. The molecule has 0 aliphatic rings. The number of unbranched alkanes of at least 4 members (excludes halogenated alkanes) is 3. The number of nitrogens with one attached hydrogen (secondary N) is 2. The van der Waals surface area contributed by atoms with Crippen LogP contribution in [0.25, 0.3) is 0 Å². The third-order valence-electron chi connectivity index (χ3n) is 2.54. The molecule has 0 rings (SSSR count). The molecular weight excluding hydrogens is 186 g/mol. The van der Waals surface area contributed by atoms with Gasteiger partial charge in [-0.3, -0.25) is 4.99 Å². The predicted molar refractivity (Wildman–Crippen MR) is 68.4 cm³/mol. The Balaban J connectivity index is 3.54. The predicted octanol–water partition coefficient (Wildman–Crippen LogP) is 2.53. The van der Waals surface area contributed by atoms with Gasteiger partial charge in [-0.1, -0.05) is 33.1 Å². The molecule has 0 aromatic heterocycles. The van der Waals surface area contributed by atoms with E-state index in [4.69, 9.17) is 0 Å². The quantitative estimate of drug-likeness (QED) is 0.387. The first-order valence-electron chi connectivity index (χ1n) is 6.21. The molecule has 3 heteroatoms. The van der Waals surface area contributed by atoms with Gasteiger partial charge in [0.2, 0.25) is 0 Å². The summed E-state index contributed by atoms with van der Waals surface area (Å²) in [6.07, 6.45) is 6.29. The largest absolute Gasteiger partial charge is 0.356 e. The van der Waals surface area contributed by atoms with E-state index in [1.165, 1.54) is 25.7 Å². The van der Waals surface area contributed by atoms with E-state index >= 15 is 0 Å². The molecule has 0 spiro atoms. The summed E-state index contributed by atoms with van der Waals surface area (Å²) in [5.41, 5.74) is 0. The van der Waals surface area contributed by atoms with Gasteiger partial charge in [-0.25, -0.2) is 0 Å². The summed E-state index contributed by atoms with van der Waals surface area (Å²) in [6, 6.07) is 0.492. The van der Waals surface area contributed by atoms with Crippen LogP contribution in [-0.4, -0.2) is 25.6 Å². The van der Waals surface area contributed by atoms with E-state index in [2.05, 4.69) is 36.4 Å². The third-order valence-corrected chi connectivity index (χ3v) is 2.54. The topological polar surface area (TPSA) is 36.4 Å². The van der Waals surface area contributed by atoms with Crippen molar-refractivity contribution in [1.82, 2.24) is 10.6 Å². The Morgan fingerprint density at radius 2 is 1.93 bits per heavy atom. The van der Waals surface area contributed by atoms with Crippen molar-refractivity contribution in [1.29, 1.82) is 0 Å². The Bertz CT molecular complexity index is 166. The molecule has 0 saturated carbocycles. The molecule has 0 heterocycles. The fraction of sp³-hybridized carbons (Fsp3) is 0.917. The van der Waals surface area contributed by atoms with E-state index in [1.54, 1.807) is 0 Å². The SMILES string of the molecule is CCCCCCNC(=NC)NC(C)CC. The van der Waals surface area contributed by atoms with Gasteiger partial charge in [0.05, 0.1) is 0 Å². The monoisotopic (exact) mass is 213 g/mol. The summed E-state index contributed by atoms with van der Waals surface area (Å²) in [6.45, 7) is 7.60. The molecule has 2 N–H and O–H groups in total. The molecule has 0 aromatic rings. The van der Waals surface area contributed by atoms with Crippen molar-refractivity contribution in [3.8, 4) is 0 Å². The summed E-state index contributed by atoms with van der Waals surface area (Å²) >= 11 is 0. The Kier molecular flexibility index (Phi) is 9.33. The highest BCUT2D eigenvalue weighted by molar-refractivity contribution is 5.79. The number of aliphatic imine (C=N–C) groups is 1. The van der Waals surface area contributed by atoms with Crippen LogP contribution in [0.1, 0.15) is 52.9 Å². The van der Waals surface area contributed by atoms with Crippen molar-refractivity contribution in [3.63, 3.8) is 0 Å². The molecule has 90 valence electrons. The van der Waals surface area contributed by atoms with Gasteiger partial charge in [-0.2, -0.15) is 0 Å². The first-order valence-corrected chi connectivity index (χ1v) is 6.21. The standard InChI is InChI=1S/C12H27N3/c1-5-7-8-9-10-14-12(13-4)15-11(3)6-2/h11H,5-10H2,1-4H3,(H2,13,14,15). The molecule has 0 radical (unpaired) electrons. The highest BCUT2D eigenvalue weighted by Crippen LogP contribution is 1.97. The highest BCUT2D eigenvalue weighted by atomic mass is 15.2. The van der Waals surface area contributed by atoms with Crippen molar-refractivity contribution in [2.75, 3.05) is 13.6 Å². The fourth-order valence-electron chi connectivity index (χ4n) is 1.29. The second-order valence-electron chi connectivity index (χ2n) is 4.01. The van der Waals surface area contributed by atoms with Crippen molar-refractivity contribution in [3.05, 3.63) is 0 Å². The summed E-state index contributed by atoms with van der Waals surface area (Å²) in [5.74, 6) is 0.931. The minimum Gasteiger partial charge on any atom is -0.356 e. The number of rotatable bonds is 7. The van der Waals surface area contributed by atoms with Crippen molar-refractivity contribution in [2.45, 2.75) is 58.9 Å². The lowest BCUT2D eigenvalue weighted by molar-refractivity contribution is 0.609. The molecule has 0 fully saturated rings. The molecule has 0 saturated heterocycles. The molecule has 3 nitrogen and oxygen atoms in total. The van der Waals surface area contributed by atoms with E-state index in [9.17, 15) is 0 Å². The Morgan fingerprint density at radius 3 is 2.47 bits per heavy atom. The zero-order valence-electron chi connectivity index (χ0n) is 10.8. The highest BCUT2D eigenvalue weighted by Gasteiger charge is 2.01.